The van der Waals surface area contributed by atoms with E-state index in [1.165, 1.54) is 0 Å². The summed E-state index contributed by atoms with van der Waals surface area (Å²) in [5.41, 5.74) is -0.0715. The summed E-state index contributed by atoms with van der Waals surface area (Å²) in [5.74, 6) is 0.226. The first-order valence-corrected chi connectivity index (χ1v) is 8.79. The molecule has 2 bridgehead atoms. The smallest absolute Gasteiger partial charge is 0.319 e. The number of piperidine rings is 3. The van der Waals surface area contributed by atoms with Crippen molar-refractivity contribution in [2.45, 2.75) is 44.1 Å². The van der Waals surface area contributed by atoms with E-state index in [2.05, 4.69) is 4.90 Å². The van der Waals surface area contributed by atoms with Gasteiger partial charge in [-0.25, -0.2) is 0 Å². The van der Waals surface area contributed by atoms with Crippen LogP contribution < -0.4 is 0 Å². The van der Waals surface area contributed by atoms with Crippen molar-refractivity contribution < 1.29 is 14.6 Å². The molecule has 0 amide bonds. The van der Waals surface area contributed by atoms with Crippen molar-refractivity contribution in [2.75, 3.05) is 26.2 Å². The molecule has 1 aromatic rings. The Labute approximate surface area is 138 Å². The molecule has 4 heteroatoms. The first-order chi connectivity index (χ1) is 11.2. The van der Waals surface area contributed by atoms with Crippen molar-refractivity contribution in [3.63, 3.8) is 0 Å². The highest BCUT2D eigenvalue weighted by Crippen LogP contribution is 2.35. The number of aliphatic hydroxyl groups excluding tert-OH is 1. The van der Waals surface area contributed by atoms with Gasteiger partial charge in [-0.2, -0.15) is 0 Å². The lowest BCUT2D eigenvalue weighted by Gasteiger charge is -2.45. The second kappa shape index (κ2) is 7.02. The fraction of sp³-hybridized carbons (Fsp3) is 0.632. The zero-order chi connectivity index (χ0) is 16.3. The van der Waals surface area contributed by atoms with Gasteiger partial charge >= 0.3 is 5.97 Å². The standard InChI is InChI=1S/C19H27NO3/c1-2-10-19(14-21,16-6-4-3-5-7-16)18(22)23-17-13-20-11-8-15(17)9-12-20/h3-7,15,17,21H,2,8-14H2,1H3. The quantitative estimate of drug-likeness (QED) is 0.818. The van der Waals surface area contributed by atoms with Crippen LogP contribution >= 0.6 is 0 Å². The Morgan fingerprint density at radius 3 is 2.52 bits per heavy atom. The largest absolute Gasteiger partial charge is 0.460 e. The van der Waals surface area contributed by atoms with Gasteiger partial charge in [0.05, 0.1) is 6.61 Å². The van der Waals surface area contributed by atoms with E-state index in [9.17, 15) is 9.90 Å². The maximum atomic E-state index is 13.0. The molecule has 0 radical (unpaired) electrons. The summed E-state index contributed by atoms with van der Waals surface area (Å²) in [6.07, 6.45) is 3.64. The maximum Gasteiger partial charge on any atom is 0.319 e. The van der Waals surface area contributed by atoms with E-state index >= 15 is 0 Å². The van der Waals surface area contributed by atoms with Crippen molar-refractivity contribution in [1.82, 2.24) is 4.90 Å². The SMILES string of the molecule is CCCC(CO)(C(=O)OC1CN2CCC1CC2)c1ccccc1. The molecule has 3 aliphatic heterocycles. The Hall–Kier alpha value is -1.39. The monoisotopic (exact) mass is 317 g/mol. The molecule has 126 valence electrons. The summed E-state index contributed by atoms with van der Waals surface area (Å²) < 4.78 is 5.95. The summed E-state index contributed by atoms with van der Waals surface area (Å²) >= 11 is 0. The van der Waals surface area contributed by atoms with Gasteiger partial charge in [0.25, 0.3) is 0 Å². The Balaban J connectivity index is 1.80. The summed E-state index contributed by atoms with van der Waals surface area (Å²) in [6.45, 7) is 4.92. The molecule has 3 heterocycles. The molecule has 0 saturated carbocycles. The molecule has 0 spiro atoms. The second-order valence-corrected chi connectivity index (χ2v) is 6.94. The van der Waals surface area contributed by atoms with E-state index in [1.54, 1.807) is 0 Å². The highest BCUT2D eigenvalue weighted by atomic mass is 16.5. The van der Waals surface area contributed by atoms with Crippen molar-refractivity contribution >= 4 is 5.97 Å². The van der Waals surface area contributed by atoms with Crippen LogP contribution in [-0.2, 0) is 14.9 Å². The molecular formula is C19H27NO3. The van der Waals surface area contributed by atoms with E-state index in [-0.39, 0.29) is 18.7 Å². The highest BCUT2D eigenvalue weighted by Gasteiger charge is 2.44. The fourth-order valence-corrected chi connectivity index (χ4v) is 4.08. The number of benzene rings is 1. The minimum Gasteiger partial charge on any atom is -0.460 e. The maximum absolute atomic E-state index is 13.0. The number of nitrogens with zero attached hydrogens (tertiary/aromatic N) is 1. The first-order valence-electron chi connectivity index (χ1n) is 8.79. The Morgan fingerprint density at radius 2 is 2.00 bits per heavy atom. The third-order valence-corrected chi connectivity index (χ3v) is 5.52. The van der Waals surface area contributed by atoms with Gasteiger partial charge in [-0.15, -0.1) is 0 Å². The predicted octanol–water partition coefficient (Wildman–Crippen LogP) is 2.35. The van der Waals surface area contributed by atoms with E-state index in [0.29, 0.717) is 12.3 Å². The normalized spacial score (nSPS) is 29.0. The zero-order valence-corrected chi connectivity index (χ0v) is 13.9. The van der Waals surface area contributed by atoms with Gasteiger partial charge in [0, 0.05) is 6.54 Å². The molecule has 2 atom stereocenters. The molecule has 4 rings (SSSR count). The fourth-order valence-electron chi connectivity index (χ4n) is 4.08. The van der Waals surface area contributed by atoms with Gasteiger partial charge in [0.2, 0.25) is 0 Å². The van der Waals surface area contributed by atoms with Crippen LogP contribution in [-0.4, -0.2) is 48.3 Å². The summed E-state index contributed by atoms with van der Waals surface area (Å²) in [5, 5.41) is 10.1. The van der Waals surface area contributed by atoms with Gasteiger partial charge < -0.3 is 9.84 Å². The number of rotatable bonds is 6. The van der Waals surface area contributed by atoms with Crippen LogP contribution in [0.2, 0.25) is 0 Å². The molecule has 3 aliphatic rings. The van der Waals surface area contributed by atoms with E-state index in [0.717, 1.165) is 44.5 Å². The van der Waals surface area contributed by atoms with E-state index in [4.69, 9.17) is 4.74 Å². The highest BCUT2D eigenvalue weighted by molar-refractivity contribution is 5.83. The number of hydrogen-bond acceptors (Lipinski definition) is 4. The van der Waals surface area contributed by atoms with Crippen LogP contribution in [0.5, 0.6) is 0 Å². The van der Waals surface area contributed by atoms with Crippen LogP contribution in [0.4, 0.5) is 0 Å². The zero-order valence-electron chi connectivity index (χ0n) is 13.9. The van der Waals surface area contributed by atoms with Crippen LogP contribution in [0.1, 0.15) is 38.2 Å². The average molecular weight is 317 g/mol. The summed E-state index contributed by atoms with van der Waals surface area (Å²) in [4.78, 5) is 15.4. The molecule has 1 aromatic carbocycles. The molecule has 1 N–H and O–H groups in total. The minimum absolute atomic E-state index is 0.0171. The third-order valence-electron chi connectivity index (χ3n) is 5.52. The number of carbonyl (C=O) groups is 1. The van der Waals surface area contributed by atoms with Crippen molar-refractivity contribution in [1.29, 1.82) is 0 Å². The van der Waals surface area contributed by atoms with Gasteiger partial charge in [-0.1, -0.05) is 43.7 Å². The number of aliphatic hydroxyl groups is 1. The predicted molar refractivity (Wildman–Crippen MR) is 89.2 cm³/mol. The van der Waals surface area contributed by atoms with Crippen LogP contribution in [0, 0.1) is 5.92 Å². The van der Waals surface area contributed by atoms with Crippen LogP contribution in [0.25, 0.3) is 0 Å². The lowest BCUT2D eigenvalue weighted by Crippen LogP contribution is -2.54. The first kappa shape index (κ1) is 16.5. The Kier molecular flexibility index (Phi) is 5.02. The van der Waals surface area contributed by atoms with Crippen LogP contribution in [0.3, 0.4) is 0 Å². The lowest BCUT2D eigenvalue weighted by molar-refractivity contribution is -0.168. The molecule has 2 unspecified atom stereocenters. The molecule has 23 heavy (non-hydrogen) atoms. The number of fused-ring (bicyclic) bond motifs is 3. The molecular weight excluding hydrogens is 290 g/mol. The number of carbonyl (C=O) groups excluding carboxylic acids is 1. The Bertz CT molecular complexity index is 525. The van der Waals surface area contributed by atoms with Gasteiger partial charge in [-0.3, -0.25) is 9.69 Å². The van der Waals surface area contributed by atoms with E-state index < -0.39 is 5.41 Å². The third kappa shape index (κ3) is 3.15. The summed E-state index contributed by atoms with van der Waals surface area (Å²) in [7, 11) is 0. The second-order valence-electron chi connectivity index (χ2n) is 6.94. The van der Waals surface area contributed by atoms with E-state index in [1.807, 2.05) is 37.3 Å². The molecule has 3 fully saturated rings. The average Bonchev–Trinajstić information content (AvgIpc) is 2.61. The van der Waals surface area contributed by atoms with Gasteiger partial charge in [0.1, 0.15) is 11.5 Å². The minimum atomic E-state index is -0.929. The van der Waals surface area contributed by atoms with Crippen molar-refractivity contribution in [2.24, 2.45) is 5.92 Å². The van der Waals surface area contributed by atoms with Crippen molar-refractivity contribution in [3.05, 3.63) is 35.9 Å². The molecule has 3 saturated heterocycles. The molecule has 0 aromatic heterocycles. The van der Waals surface area contributed by atoms with Gasteiger partial charge in [0.15, 0.2) is 0 Å². The summed E-state index contributed by atoms with van der Waals surface area (Å²) in [6, 6.07) is 9.59. The number of hydrogen-bond donors (Lipinski definition) is 1. The number of ether oxygens (including phenoxy) is 1. The lowest BCUT2D eigenvalue weighted by atomic mass is 9.77. The molecule has 4 nitrogen and oxygen atoms in total. The number of esters is 1. The van der Waals surface area contributed by atoms with Crippen LogP contribution in [0.15, 0.2) is 30.3 Å². The molecule has 0 aliphatic carbocycles. The Morgan fingerprint density at radius 1 is 1.30 bits per heavy atom. The topological polar surface area (TPSA) is 49.8 Å². The van der Waals surface area contributed by atoms with Crippen molar-refractivity contribution in [3.8, 4) is 0 Å². The van der Waals surface area contributed by atoms with Gasteiger partial charge in [-0.05, 0) is 43.8 Å².